The van der Waals surface area contributed by atoms with Gasteiger partial charge >= 0.3 is 6.09 Å². The second-order valence-corrected chi connectivity index (χ2v) is 9.34. The molecule has 1 atom stereocenters. The largest absolute Gasteiger partial charge is 0.445 e. The molecule has 8 nitrogen and oxygen atoms in total. The zero-order valence-corrected chi connectivity index (χ0v) is 18.9. The number of hydrogen-bond donors (Lipinski definition) is 2. The van der Waals surface area contributed by atoms with Crippen molar-refractivity contribution in [3.8, 4) is 11.1 Å². The van der Waals surface area contributed by atoms with E-state index in [1.165, 1.54) is 11.3 Å². The van der Waals surface area contributed by atoms with E-state index in [1.54, 1.807) is 4.90 Å². The Balaban J connectivity index is 1.38. The Kier molecular flexibility index (Phi) is 5.52. The van der Waals surface area contributed by atoms with Crippen molar-refractivity contribution >= 4 is 44.4 Å². The second kappa shape index (κ2) is 8.48. The van der Waals surface area contributed by atoms with E-state index in [4.69, 9.17) is 4.74 Å². The first kappa shape index (κ1) is 20.8. The molecule has 2 amide bonds. The number of likely N-dealkylation sites (N-methyl/N-ethyl adjacent to an activating group) is 1. The summed E-state index contributed by atoms with van der Waals surface area (Å²) < 4.78 is 6.54. The quantitative estimate of drug-likeness (QED) is 0.592. The topological polar surface area (TPSA) is 96.4 Å². The molecule has 1 unspecified atom stereocenters. The van der Waals surface area contributed by atoms with E-state index in [0.717, 1.165) is 45.6 Å². The zero-order valence-electron chi connectivity index (χ0n) is 18.1. The fraction of sp³-hybridized carbons (Fsp3) is 0.391. The number of fused-ring (bicyclic) bond motifs is 2. The maximum Gasteiger partial charge on any atom is 0.414 e. The number of anilines is 2. The van der Waals surface area contributed by atoms with Crippen molar-refractivity contribution in [3.05, 3.63) is 36.2 Å². The maximum absolute atomic E-state index is 12.7. The Bertz CT molecular complexity index is 1190. The molecular weight excluding hydrogens is 426 g/mol. The molecule has 166 valence electrons. The van der Waals surface area contributed by atoms with Crippen LogP contribution in [-0.2, 0) is 16.0 Å². The van der Waals surface area contributed by atoms with Gasteiger partial charge in [-0.1, -0.05) is 17.4 Å². The Hall–Kier alpha value is -3.04. The molecule has 3 heterocycles. The van der Waals surface area contributed by atoms with Crippen LogP contribution in [0.5, 0.6) is 0 Å². The predicted molar refractivity (Wildman–Crippen MR) is 125 cm³/mol. The van der Waals surface area contributed by atoms with Crippen molar-refractivity contribution in [2.75, 3.05) is 30.4 Å². The van der Waals surface area contributed by atoms with Gasteiger partial charge in [0.15, 0.2) is 5.13 Å². The summed E-state index contributed by atoms with van der Waals surface area (Å²) in [6.07, 6.45) is 3.92. The van der Waals surface area contributed by atoms with Crippen LogP contribution in [0.15, 0.2) is 30.5 Å². The molecule has 32 heavy (non-hydrogen) atoms. The molecular formula is C23H25N5O3S. The van der Waals surface area contributed by atoms with E-state index >= 15 is 0 Å². The molecule has 3 aromatic rings. The van der Waals surface area contributed by atoms with Crippen LogP contribution in [0.2, 0.25) is 0 Å². The molecule has 1 aliphatic heterocycles. The number of thiazole rings is 1. The summed E-state index contributed by atoms with van der Waals surface area (Å²) in [5.41, 5.74) is 4.45. The Morgan fingerprint density at radius 1 is 1.28 bits per heavy atom. The minimum Gasteiger partial charge on any atom is -0.445 e. The summed E-state index contributed by atoms with van der Waals surface area (Å²) in [4.78, 5) is 35.5. The van der Waals surface area contributed by atoms with Crippen molar-refractivity contribution in [1.29, 1.82) is 0 Å². The number of nitrogens with one attached hydrogen (secondary N) is 2. The fourth-order valence-corrected chi connectivity index (χ4v) is 4.78. The van der Waals surface area contributed by atoms with Crippen LogP contribution in [0.25, 0.3) is 21.3 Å². The third-order valence-electron chi connectivity index (χ3n) is 5.72. The summed E-state index contributed by atoms with van der Waals surface area (Å²) in [5, 5.41) is 6.57. The molecule has 0 saturated heterocycles. The van der Waals surface area contributed by atoms with Crippen molar-refractivity contribution in [3.63, 3.8) is 0 Å². The third-order valence-corrected chi connectivity index (χ3v) is 6.66. The number of benzene rings is 1. The Morgan fingerprint density at radius 3 is 2.91 bits per heavy atom. The van der Waals surface area contributed by atoms with Crippen LogP contribution in [-0.4, -0.2) is 48.2 Å². The minimum absolute atomic E-state index is 0.0584. The second-order valence-electron chi connectivity index (χ2n) is 8.31. The van der Waals surface area contributed by atoms with Crippen LogP contribution in [0.4, 0.5) is 15.6 Å². The van der Waals surface area contributed by atoms with Gasteiger partial charge in [0, 0.05) is 37.2 Å². The summed E-state index contributed by atoms with van der Waals surface area (Å²) >= 11 is 1.47. The molecule has 2 aromatic heterocycles. The number of nitrogens with zero attached hydrogens (tertiary/aromatic N) is 3. The number of amides is 2. The smallest absolute Gasteiger partial charge is 0.414 e. The Morgan fingerprint density at radius 2 is 2.12 bits per heavy atom. The molecule has 2 aliphatic rings. The summed E-state index contributed by atoms with van der Waals surface area (Å²) in [7, 11) is 1.83. The molecule has 1 saturated carbocycles. The van der Waals surface area contributed by atoms with Crippen molar-refractivity contribution in [2.24, 2.45) is 5.92 Å². The van der Waals surface area contributed by atoms with E-state index in [0.29, 0.717) is 24.6 Å². The van der Waals surface area contributed by atoms with E-state index < -0.39 is 0 Å². The molecule has 1 aliphatic carbocycles. The van der Waals surface area contributed by atoms with Crippen molar-refractivity contribution < 1.29 is 14.3 Å². The van der Waals surface area contributed by atoms with Crippen LogP contribution < -0.4 is 15.5 Å². The van der Waals surface area contributed by atoms with Gasteiger partial charge in [-0.3, -0.25) is 14.7 Å². The van der Waals surface area contributed by atoms with Gasteiger partial charge in [0.05, 0.1) is 21.6 Å². The summed E-state index contributed by atoms with van der Waals surface area (Å²) in [5.74, 6) is 0.203. The lowest BCUT2D eigenvalue weighted by Gasteiger charge is -2.20. The highest BCUT2D eigenvalue weighted by Gasteiger charge is 2.30. The molecule has 1 fully saturated rings. The van der Waals surface area contributed by atoms with E-state index in [2.05, 4.69) is 26.7 Å². The van der Waals surface area contributed by atoms with Crippen LogP contribution in [0.1, 0.15) is 25.5 Å². The van der Waals surface area contributed by atoms with Gasteiger partial charge in [0.25, 0.3) is 0 Å². The van der Waals surface area contributed by atoms with Gasteiger partial charge in [-0.25, -0.2) is 9.78 Å². The lowest BCUT2D eigenvalue weighted by atomic mass is 10.1. The van der Waals surface area contributed by atoms with Gasteiger partial charge < -0.3 is 15.4 Å². The molecule has 0 bridgehead atoms. The van der Waals surface area contributed by atoms with Gasteiger partial charge in [0.2, 0.25) is 5.91 Å². The summed E-state index contributed by atoms with van der Waals surface area (Å²) in [6.45, 7) is 3.03. The zero-order chi connectivity index (χ0) is 22.2. The highest BCUT2D eigenvalue weighted by Crippen LogP contribution is 2.35. The van der Waals surface area contributed by atoms with Gasteiger partial charge in [0.1, 0.15) is 6.10 Å². The normalized spacial score (nSPS) is 16.1. The highest BCUT2D eigenvalue weighted by molar-refractivity contribution is 7.22. The van der Waals surface area contributed by atoms with E-state index in [1.807, 2.05) is 38.4 Å². The molecule has 9 heteroatoms. The highest BCUT2D eigenvalue weighted by atomic mass is 32.1. The number of carbonyl (C=O) groups is 2. The van der Waals surface area contributed by atoms with Gasteiger partial charge in [-0.05, 0) is 50.6 Å². The number of aromatic nitrogens is 2. The molecule has 0 radical (unpaired) electrons. The molecule has 0 spiro atoms. The first-order valence-corrected chi connectivity index (χ1v) is 11.7. The first-order valence-electron chi connectivity index (χ1n) is 10.9. The van der Waals surface area contributed by atoms with E-state index in [-0.39, 0.29) is 24.0 Å². The number of pyridine rings is 1. The van der Waals surface area contributed by atoms with Crippen LogP contribution in [0, 0.1) is 5.92 Å². The molecule has 5 rings (SSSR count). The van der Waals surface area contributed by atoms with Gasteiger partial charge in [-0.2, -0.15) is 0 Å². The molecule has 1 aromatic carbocycles. The molecule has 2 N–H and O–H groups in total. The third kappa shape index (κ3) is 4.18. The van der Waals surface area contributed by atoms with Crippen molar-refractivity contribution in [2.45, 2.75) is 32.3 Å². The SMILES string of the molecule is CNCC(C)OC(=O)N1CCc2ncc(-c3ccc4nc(NC(=O)C5CC5)sc4c3)cc21. The number of carbonyl (C=O) groups excluding carboxylic acids is 2. The standard InChI is InChI=1S/C23H25N5O3S/c1-13(11-24-2)31-23(30)28-8-7-17-19(28)9-16(12-25-17)15-5-6-18-20(10-15)32-22(26-18)27-21(29)14-3-4-14/h5-6,9-10,12-14,24H,3-4,7-8,11H2,1-2H3,(H,26,27,29). The van der Waals surface area contributed by atoms with Crippen LogP contribution in [0.3, 0.4) is 0 Å². The first-order chi connectivity index (χ1) is 15.5. The lowest BCUT2D eigenvalue weighted by Crippen LogP contribution is -2.35. The lowest BCUT2D eigenvalue weighted by molar-refractivity contribution is -0.117. The predicted octanol–water partition coefficient (Wildman–Crippen LogP) is 3.81. The van der Waals surface area contributed by atoms with Crippen LogP contribution >= 0.6 is 11.3 Å². The Labute approximate surface area is 190 Å². The average Bonchev–Trinajstić information content (AvgIpc) is 3.42. The maximum atomic E-state index is 12.7. The minimum atomic E-state index is -0.348. The van der Waals surface area contributed by atoms with Gasteiger partial charge in [-0.15, -0.1) is 0 Å². The number of ether oxygens (including phenoxy) is 1. The summed E-state index contributed by atoms with van der Waals surface area (Å²) in [6, 6.07) is 7.99. The fourth-order valence-electron chi connectivity index (χ4n) is 3.87. The van der Waals surface area contributed by atoms with Crippen molar-refractivity contribution in [1.82, 2.24) is 15.3 Å². The van der Waals surface area contributed by atoms with E-state index in [9.17, 15) is 9.59 Å². The number of hydrogen-bond acceptors (Lipinski definition) is 7. The average molecular weight is 452 g/mol. The number of rotatable bonds is 6. The monoisotopic (exact) mass is 451 g/mol.